The molecule has 0 bridgehead atoms. The lowest BCUT2D eigenvalue weighted by molar-refractivity contribution is -0.908. The van der Waals surface area contributed by atoms with E-state index in [1.165, 1.54) is 13.0 Å². The van der Waals surface area contributed by atoms with E-state index in [1.807, 2.05) is 24.3 Å². The molecule has 2 rings (SSSR count). The second kappa shape index (κ2) is 7.62. The third-order valence-corrected chi connectivity index (χ3v) is 3.46. The van der Waals surface area contributed by atoms with Crippen molar-refractivity contribution in [3.8, 4) is 5.75 Å². The molecule has 100 valence electrons. The van der Waals surface area contributed by atoms with Crippen molar-refractivity contribution < 1.29 is 14.4 Å². The van der Waals surface area contributed by atoms with Crippen molar-refractivity contribution in [1.29, 1.82) is 0 Å². The molecule has 3 nitrogen and oxygen atoms in total. The van der Waals surface area contributed by atoms with Crippen molar-refractivity contribution in [3.05, 3.63) is 29.3 Å². The van der Waals surface area contributed by atoms with Gasteiger partial charge < -0.3 is 14.4 Å². The Kier molecular flexibility index (Phi) is 5.78. The van der Waals surface area contributed by atoms with Crippen LogP contribution in [0.3, 0.4) is 0 Å². The van der Waals surface area contributed by atoms with E-state index in [0.29, 0.717) is 0 Å². The summed E-state index contributed by atoms with van der Waals surface area (Å²) in [7, 11) is 0. The number of unbranched alkanes of at least 4 members (excludes halogenated alkanes) is 1. The molecule has 1 heterocycles. The highest BCUT2D eigenvalue weighted by molar-refractivity contribution is 6.30. The van der Waals surface area contributed by atoms with Crippen LogP contribution in [0.15, 0.2) is 24.3 Å². The van der Waals surface area contributed by atoms with Gasteiger partial charge in [-0.3, -0.25) is 0 Å². The van der Waals surface area contributed by atoms with E-state index in [4.69, 9.17) is 21.1 Å². The van der Waals surface area contributed by atoms with Crippen LogP contribution in [0.5, 0.6) is 5.75 Å². The number of rotatable bonds is 6. The molecule has 0 amide bonds. The molecule has 1 aliphatic rings. The van der Waals surface area contributed by atoms with Crippen LogP contribution in [0.25, 0.3) is 0 Å². The van der Waals surface area contributed by atoms with Crippen LogP contribution in [-0.2, 0) is 4.74 Å². The zero-order valence-corrected chi connectivity index (χ0v) is 11.4. The van der Waals surface area contributed by atoms with Gasteiger partial charge in [-0.1, -0.05) is 11.6 Å². The molecule has 0 atom stereocenters. The average molecular weight is 271 g/mol. The molecule has 0 unspecified atom stereocenters. The van der Waals surface area contributed by atoms with Crippen LogP contribution in [0.4, 0.5) is 0 Å². The number of morpholine rings is 1. The monoisotopic (exact) mass is 270 g/mol. The summed E-state index contributed by atoms with van der Waals surface area (Å²) in [5, 5.41) is 0.748. The zero-order chi connectivity index (χ0) is 12.6. The van der Waals surface area contributed by atoms with Crippen molar-refractivity contribution in [2.45, 2.75) is 12.8 Å². The number of quaternary nitrogens is 1. The van der Waals surface area contributed by atoms with E-state index in [0.717, 1.165) is 50.1 Å². The molecule has 0 saturated carbocycles. The summed E-state index contributed by atoms with van der Waals surface area (Å²) < 4.78 is 11.0. The molecule has 0 aromatic heterocycles. The number of ether oxygens (including phenoxy) is 2. The van der Waals surface area contributed by atoms with Crippen molar-refractivity contribution in [2.24, 2.45) is 0 Å². The van der Waals surface area contributed by atoms with Gasteiger partial charge in [0.25, 0.3) is 0 Å². The summed E-state index contributed by atoms with van der Waals surface area (Å²) in [4.78, 5) is 1.66. The van der Waals surface area contributed by atoms with Gasteiger partial charge in [0.05, 0.1) is 26.4 Å². The molecule has 1 N–H and O–H groups in total. The highest BCUT2D eigenvalue weighted by Crippen LogP contribution is 2.15. The van der Waals surface area contributed by atoms with E-state index >= 15 is 0 Å². The highest BCUT2D eigenvalue weighted by atomic mass is 35.5. The first-order valence-corrected chi connectivity index (χ1v) is 7.02. The maximum absolute atomic E-state index is 5.81. The fourth-order valence-corrected chi connectivity index (χ4v) is 2.23. The summed E-state index contributed by atoms with van der Waals surface area (Å²) >= 11 is 5.81. The predicted octanol–water partition coefficient (Wildman–Crippen LogP) is 1.41. The lowest BCUT2D eigenvalue weighted by atomic mass is 10.3. The van der Waals surface area contributed by atoms with Crippen LogP contribution in [-0.4, -0.2) is 39.5 Å². The van der Waals surface area contributed by atoms with Gasteiger partial charge in [0.2, 0.25) is 0 Å². The van der Waals surface area contributed by atoms with Crippen LogP contribution in [0.2, 0.25) is 5.02 Å². The summed E-state index contributed by atoms with van der Waals surface area (Å²) in [6, 6.07) is 7.54. The van der Waals surface area contributed by atoms with Gasteiger partial charge in [-0.2, -0.15) is 0 Å². The quantitative estimate of drug-likeness (QED) is 0.790. The molecule has 1 aromatic rings. The van der Waals surface area contributed by atoms with Gasteiger partial charge in [-0.15, -0.1) is 0 Å². The van der Waals surface area contributed by atoms with Crippen molar-refractivity contribution >= 4 is 11.6 Å². The smallest absolute Gasteiger partial charge is 0.119 e. The first-order valence-electron chi connectivity index (χ1n) is 6.64. The molecule has 18 heavy (non-hydrogen) atoms. The third-order valence-electron chi connectivity index (χ3n) is 3.21. The molecule has 1 fully saturated rings. The van der Waals surface area contributed by atoms with Gasteiger partial charge in [-0.25, -0.2) is 0 Å². The molecule has 0 spiro atoms. The standard InChI is InChI=1S/C14H20ClNO2/c15-13-3-5-14(6-4-13)18-10-2-1-7-16-8-11-17-12-9-16/h3-6H,1-2,7-12H2/p+1. The summed E-state index contributed by atoms with van der Waals surface area (Å²) in [5.74, 6) is 0.901. The maximum atomic E-state index is 5.81. The van der Waals surface area contributed by atoms with Crippen molar-refractivity contribution in [1.82, 2.24) is 0 Å². The lowest BCUT2D eigenvalue weighted by Crippen LogP contribution is -3.14. The SMILES string of the molecule is Clc1ccc(OCCCC[NH+]2CCOCC2)cc1. The number of benzene rings is 1. The maximum Gasteiger partial charge on any atom is 0.119 e. The molecule has 4 heteroatoms. The third kappa shape index (κ3) is 4.84. The molecular weight excluding hydrogens is 250 g/mol. The molecule has 1 aliphatic heterocycles. The Bertz CT molecular complexity index is 336. The normalized spacial score (nSPS) is 16.7. The largest absolute Gasteiger partial charge is 0.494 e. The Morgan fingerprint density at radius 3 is 2.56 bits per heavy atom. The molecule has 0 radical (unpaired) electrons. The number of hydrogen-bond donors (Lipinski definition) is 1. The van der Waals surface area contributed by atoms with Crippen LogP contribution < -0.4 is 9.64 Å². The highest BCUT2D eigenvalue weighted by Gasteiger charge is 2.12. The van der Waals surface area contributed by atoms with Crippen LogP contribution in [0, 0.1) is 0 Å². The van der Waals surface area contributed by atoms with Crippen LogP contribution >= 0.6 is 11.6 Å². The molecule has 1 saturated heterocycles. The molecule has 1 aromatic carbocycles. The van der Waals surface area contributed by atoms with Gasteiger partial charge in [-0.05, 0) is 37.1 Å². The summed E-state index contributed by atoms with van der Waals surface area (Å²) in [6.45, 7) is 6.14. The average Bonchev–Trinajstić information content (AvgIpc) is 2.42. The first kappa shape index (κ1) is 13.7. The Hall–Kier alpha value is -0.770. The summed E-state index contributed by atoms with van der Waals surface area (Å²) in [6.07, 6.45) is 2.32. The van der Waals surface area contributed by atoms with E-state index in [9.17, 15) is 0 Å². The Morgan fingerprint density at radius 1 is 1.11 bits per heavy atom. The Balaban J connectivity index is 1.54. The number of nitrogens with one attached hydrogen (secondary N) is 1. The predicted molar refractivity (Wildman–Crippen MR) is 72.6 cm³/mol. The minimum atomic E-state index is 0.748. The topological polar surface area (TPSA) is 22.9 Å². The van der Waals surface area contributed by atoms with Gasteiger partial charge >= 0.3 is 0 Å². The van der Waals surface area contributed by atoms with Crippen molar-refractivity contribution in [2.75, 3.05) is 39.5 Å². The summed E-state index contributed by atoms with van der Waals surface area (Å²) in [5.41, 5.74) is 0. The lowest BCUT2D eigenvalue weighted by Gasteiger charge is -2.23. The van der Waals surface area contributed by atoms with E-state index in [2.05, 4.69) is 0 Å². The minimum Gasteiger partial charge on any atom is -0.494 e. The Labute approximate surface area is 114 Å². The van der Waals surface area contributed by atoms with Gasteiger partial charge in [0, 0.05) is 5.02 Å². The van der Waals surface area contributed by atoms with Crippen LogP contribution in [0.1, 0.15) is 12.8 Å². The van der Waals surface area contributed by atoms with E-state index in [1.54, 1.807) is 4.90 Å². The van der Waals surface area contributed by atoms with Gasteiger partial charge in [0.1, 0.15) is 18.8 Å². The minimum absolute atomic E-state index is 0.748. The second-order valence-electron chi connectivity index (χ2n) is 4.62. The first-order chi connectivity index (χ1) is 8.84. The van der Waals surface area contributed by atoms with Crippen molar-refractivity contribution in [3.63, 3.8) is 0 Å². The Morgan fingerprint density at radius 2 is 1.83 bits per heavy atom. The van der Waals surface area contributed by atoms with Gasteiger partial charge in [0.15, 0.2) is 0 Å². The van der Waals surface area contributed by atoms with E-state index in [-0.39, 0.29) is 0 Å². The van der Waals surface area contributed by atoms with E-state index < -0.39 is 0 Å². The number of hydrogen-bond acceptors (Lipinski definition) is 2. The fraction of sp³-hybridized carbons (Fsp3) is 0.571. The molecular formula is C14H21ClNO2+. The molecule has 0 aliphatic carbocycles. The zero-order valence-electron chi connectivity index (χ0n) is 10.7. The number of halogens is 1. The second-order valence-corrected chi connectivity index (χ2v) is 5.06. The fourth-order valence-electron chi connectivity index (χ4n) is 2.11.